The minimum Gasteiger partial charge on any atom is -0.368 e. The molecular weight excluding hydrogens is 421 g/mol. The Balaban J connectivity index is 1.33. The number of carbonyl (C=O) groups is 1. The molecule has 2 aliphatic rings. The molecule has 2 saturated heterocycles. The van der Waals surface area contributed by atoms with Gasteiger partial charge in [0.1, 0.15) is 5.52 Å². The number of hydrogen-bond acceptors (Lipinski definition) is 6. The van der Waals surface area contributed by atoms with Gasteiger partial charge >= 0.3 is 0 Å². The van der Waals surface area contributed by atoms with Crippen LogP contribution in [0.5, 0.6) is 0 Å². The summed E-state index contributed by atoms with van der Waals surface area (Å²) in [5.41, 5.74) is 3.30. The zero-order valence-corrected chi connectivity index (χ0v) is 18.3. The first-order valence-corrected chi connectivity index (χ1v) is 11.3. The molecule has 0 saturated carbocycles. The van der Waals surface area contributed by atoms with E-state index in [1.807, 2.05) is 12.1 Å². The molecule has 1 amide bonds. The van der Waals surface area contributed by atoms with Crippen LogP contribution in [0.2, 0.25) is 0 Å². The van der Waals surface area contributed by atoms with Gasteiger partial charge in [-0.15, -0.1) is 5.10 Å². The summed E-state index contributed by atoms with van der Waals surface area (Å²) in [6.45, 7) is 5.96. The second kappa shape index (κ2) is 7.77. The van der Waals surface area contributed by atoms with Gasteiger partial charge in [-0.2, -0.15) is 5.10 Å². The van der Waals surface area contributed by atoms with E-state index in [1.54, 1.807) is 36.0 Å². The number of anilines is 2. The van der Waals surface area contributed by atoms with E-state index in [0.717, 1.165) is 30.7 Å². The second-order valence-electron chi connectivity index (χ2n) is 8.85. The fraction of sp³-hybridized carbons (Fsp3) is 0.333. The van der Waals surface area contributed by atoms with E-state index in [4.69, 9.17) is 0 Å². The number of pyridine rings is 1. The first-order chi connectivity index (χ1) is 16.1. The Bertz CT molecular complexity index is 1380. The molecule has 33 heavy (non-hydrogen) atoms. The van der Waals surface area contributed by atoms with Crippen molar-refractivity contribution < 1.29 is 9.18 Å². The highest BCUT2D eigenvalue weighted by atomic mass is 19.1. The van der Waals surface area contributed by atoms with Crippen LogP contribution in [0.15, 0.2) is 42.9 Å². The van der Waals surface area contributed by atoms with Gasteiger partial charge in [0.05, 0.1) is 23.1 Å². The topological polar surface area (TPSA) is 78.7 Å². The molecule has 0 bridgehead atoms. The predicted octanol–water partition coefficient (Wildman–Crippen LogP) is 3.26. The van der Waals surface area contributed by atoms with Crippen LogP contribution >= 0.6 is 0 Å². The first kappa shape index (κ1) is 20.0. The van der Waals surface area contributed by atoms with Gasteiger partial charge in [0.15, 0.2) is 11.5 Å². The summed E-state index contributed by atoms with van der Waals surface area (Å²) in [6.07, 6.45) is 7.51. The van der Waals surface area contributed by atoms with E-state index in [2.05, 4.69) is 30.3 Å². The number of hydrogen-bond donors (Lipinski definition) is 1. The quantitative estimate of drug-likeness (QED) is 0.522. The molecule has 1 atom stereocenters. The summed E-state index contributed by atoms with van der Waals surface area (Å²) in [4.78, 5) is 22.3. The van der Waals surface area contributed by atoms with Crippen molar-refractivity contribution >= 4 is 33.8 Å². The monoisotopic (exact) mass is 445 g/mol. The van der Waals surface area contributed by atoms with Crippen LogP contribution in [0.25, 0.3) is 16.6 Å². The zero-order valence-electron chi connectivity index (χ0n) is 18.3. The molecule has 4 aromatic rings. The van der Waals surface area contributed by atoms with E-state index >= 15 is 0 Å². The Morgan fingerprint density at radius 3 is 3.00 bits per heavy atom. The molecule has 168 valence electrons. The van der Waals surface area contributed by atoms with Crippen molar-refractivity contribution in [3.63, 3.8) is 0 Å². The Morgan fingerprint density at radius 1 is 1.18 bits per heavy atom. The number of benzene rings is 1. The van der Waals surface area contributed by atoms with Crippen molar-refractivity contribution in [1.82, 2.24) is 24.5 Å². The molecule has 5 heterocycles. The number of rotatable bonds is 3. The first-order valence-electron chi connectivity index (χ1n) is 11.3. The number of halogens is 1. The molecular formula is C24H24FN7O. The number of fused-ring (bicyclic) bond motifs is 3. The number of carbonyl (C=O) groups excluding carboxylic acids is 1. The minimum atomic E-state index is -0.494. The lowest BCUT2D eigenvalue weighted by Gasteiger charge is -2.39. The van der Waals surface area contributed by atoms with Gasteiger partial charge in [0, 0.05) is 55.2 Å². The van der Waals surface area contributed by atoms with Crippen LogP contribution in [0.3, 0.4) is 0 Å². The molecule has 1 N–H and O–H groups in total. The van der Waals surface area contributed by atoms with Gasteiger partial charge in [-0.1, -0.05) is 0 Å². The SMILES string of the molecule is Cc1cn2cc(NC(=O)c3ccc(N4CCN5CCCC5C4)c4ccnnc34)cc(F)c2n1. The van der Waals surface area contributed by atoms with Crippen LogP contribution in [0.1, 0.15) is 28.9 Å². The van der Waals surface area contributed by atoms with Crippen LogP contribution in [0.4, 0.5) is 15.8 Å². The van der Waals surface area contributed by atoms with Crippen molar-refractivity contribution in [1.29, 1.82) is 0 Å². The van der Waals surface area contributed by atoms with Gasteiger partial charge in [0.25, 0.3) is 5.91 Å². The van der Waals surface area contributed by atoms with E-state index in [1.165, 1.54) is 25.5 Å². The smallest absolute Gasteiger partial charge is 0.257 e. The van der Waals surface area contributed by atoms with E-state index in [0.29, 0.717) is 28.5 Å². The summed E-state index contributed by atoms with van der Waals surface area (Å²) in [7, 11) is 0. The highest BCUT2D eigenvalue weighted by Gasteiger charge is 2.31. The molecule has 6 rings (SSSR count). The Kier molecular flexibility index (Phi) is 4.72. The minimum absolute atomic E-state index is 0.230. The van der Waals surface area contributed by atoms with Gasteiger partial charge in [-0.05, 0) is 44.5 Å². The maximum atomic E-state index is 14.5. The fourth-order valence-electron chi connectivity index (χ4n) is 5.18. The van der Waals surface area contributed by atoms with Crippen molar-refractivity contribution in [3.8, 4) is 0 Å². The standard InChI is InChI=1S/C24H24FN7O/c1-15-12-32-13-16(11-20(25)23(32)27-15)28-24(33)19-4-5-21(18-6-7-26-29-22(18)19)31-10-9-30-8-2-3-17(30)14-31/h4-7,11-13,17H,2-3,8-10,14H2,1H3,(H,28,33). The van der Waals surface area contributed by atoms with Gasteiger partial charge in [-0.25, -0.2) is 9.37 Å². The van der Waals surface area contributed by atoms with Gasteiger partial charge < -0.3 is 14.6 Å². The van der Waals surface area contributed by atoms with Crippen LogP contribution in [-0.2, 0) is 0 Å². The number of imidazole rings is 1. The maximum absolute atomic E-state index is 14.5. The number of amides is 1. The van der Waals surface area contributed by atoms with Crippen molar-refractivity contribution in [2.24, 2.45) is 0 Å². The molecule has 2 aliphatic heterocycles. The molecule has 9 heteroatoms. The molecule has 2 fully saturated rings. The number of nitrogens with zero attached hydrogens (tertiary/aromatic N) is 6. The molecule has 0 spiro atoms. The maximum Gasteiger partial charge on any atom is 0.257 e. The third-order valence-electron chi connectivity index (χ3n) is 6.72. The highest BCUT2D eigenvalue weighted by molar-refractivity contribution is 6.13. The average Bonchev–Trinajstić information content (AvgIpc) is 3.43. The summed E-state index contributed by atoms with van der Waals surface area (Å²) >= 11 is 0. The van der Waals surface area contributed by atoms with E-state index in [-0.39, 0.29) is 11.6 Å². The van der Waals surface area contributed by atoms with Crippen molar-refractivity contribution in [2.45, 2.75) is 25.8 Å². The average molecular weight is 446 g/mol. The Morgan fingerprint density at radius 2 is 2.09 bits per heavy atom. The second-order valence-corrected chi connectivity index (χ2v) is 8.85. The molecule has 8 nitrogen and oxygen atoms in total. The summed E-state index contributed by atoms with van der Waals surface area (Å²) in [5, 5.41) is 12.0. The molecule has 0 radical (unpaired) electrons. The third-order valence-corrected chi connectivity index (χ3v) is 6.72. The lowest BCUT2D eigenvalue weighted by atomic mass is 10.0. The molecule has 1 aromatic carbocycles. The number of piperazine rings is 1. The largest absolute Gasteiger partial charge is 0.368 e. The molecule has 1 unspecified atom stereocenters. The lowest BCUT2D eigenvalue weighted by Crippen LogP contribution is -2.50. The lowest BCUT2D eigenvalue weighted by molar-refractivity contribution is 0.102. The van der Waals surface area contributed by atoms with Crippen LogP contribution < -0.4 is 10.2 Å². The zero-order chi connectivity index (χ0) is 22.5. The Hall–Kier alpha value is -3.59. The van der Waals surface area contributed by atoms with Gasteiger partial charge in [0.2, 0.25) is 0 Å². The van der Waals surface area contributed by atoms with Crippen LogP contribution in [-0.4, -0.2) is 62.6 Å². The van der Waals surface area contributed by atoms with E-state index < -0.39 is 5.82 Å². The normalized spacial score (nSPS) is 18.7. The van der Waals surface area contributed by atoms with E-state index in [9.17, 15) is 9.18 Å². The van der Waals surface area contributed by atoms with Gasteiger partial charge in [-0.3, -0.25) is 9.69 Å². The number of aryl methyl sites for hydroxylation is 1. The number of aromatic nitrogens is 4. The summed E-state index contributed by atoms with van der Waals surface area (Å²) in [6, 6.07) is 7.56. The molecule has 3 aromatic heterocycles. The predicted molar refractivity (Wildman–Crippen MR) is 124 cm³/mol. The molecule has 0 aliphatic carbocycles. The number of nitrogens with one attached hydrogen (secondary N) is 1. The summed E-state index contributed by atoms with van der Waals surface area (Å²) < 4.78 is 16.0. The fourth-order valence-corrected chi connectivity index (χ4v) is 5.18. The third kappa shape index (κ3) is 3.48. The Labute approximate surface area is 190 Å². The summed E-state index contributed by atoms with van der Waals surface area (Å²) in [5.74, 6) is -0.852. The van der Waals surface area contributed by atoms with Crippen molar-refractivity contribution in [3.05, 3.63) is 59.9 Å². The van der Waals surface area contributed by atoms with Crippen molar-refractivity contribution in [2.75, 3.05) is 36.4 Å². The van der Waals surface area contributed by atoms with Crippen LogP contribution in [0, 0.1) is 12.7 Å². The highest BCUT2D eigenvalue weighted by Crippen LogP contribution is 2.32.